The van der Waals surface area contributed by atoms with E-state index in [9.17, 15) is 0 Å². The van der Waals surface area contributed by atoms with Gasteiger partial charge in [-0.1, -0.05) is 11.6 Å². The van der Waals surface area contributed by atoms with Gasteiger partial charge in [0, 0.05) is 6.21 Å². The summed E-state index contributed by atoms with van der Waals surface area (Å²) in [7, 11) is 0. The standard InChI is InChI=1S/C6H5ClN4/c7-4-1-2-8-6(11-4)5-9-3-10-5/h1-3,11H,(H,9,10). The van der Waals surface area contributed by atoms with Crippen molar-refractivity contribution in [1.29, 1.82) is 0 Å². The maximum absolute atomic E-state index is 5.68. The third-order valence-corrected chi connectivity index (χ3v) is 1.50. The van der Waals surface area contributed by atoms with Crippen molar-refractivity contribution in [2.45, 2.75) is 0 Å². The van der Waals surface area contributed by atoms with Crippen molar-refractivity contribution in [1.82, 2.24) is 10.6 Å². The lowest BCUT2D eigenvalue weighted by atomic mass is 10.5. The van der Waals surface area contributed by atoms with Crippen molar-refractivity contribution < 1.29 is 0 Å². The van der Waals surface area contributed by atoms with E-state index in [2.05, 4.69) is 20.6 Å². The molecule has 0 aromatic carbocycles. The molecular formula is C6H5ClN4. The van der Waals surface area contributed by atoms with Crippen LogP contribution < -0.4 is 10.6 Å². The molecule has 0 radical (unpaired) electrons. The molecule has 0 saturated carbocycles. The normalized spacial score (nSPS) is 26.8. The second kappa shape index (κ2) is 2.39. The third kappa shape index (κ3) is 1.12. The van der Waals surface area contributed by atoms with Crippen LogP contribution in [0.4, 0.5) is 0 Å². The minimum absolute atomic E-state index is 0.548. The van der Waals surface area contributed by atoms with Gasteiger partial charge in [0.25, 0.3) is 0 Å². The number of hydrogen-bond acceptors (Lipinski definition) is 4. The van der Waals surface area contributed by atoms with Crippen LogP contribution in [0.3, 0.4) is 0 Å². The number of allylic oxidation sites excluding steroid dienone is 1. The number of halogens is 1. The lowest BCUT2D eigenvalue weighted by molar-refractivity contribution is 0.881. The molecule has 0 fully saturated rings. The first-order valence-electron chi connectivity index (χ1n) is 3.06. The van der Waals surface area contributed by atoms with Crippen molar-refractivity contribution in [3.8, 4) is 0 Å². The van der Waals surface area contributed by atoms with Gasteiger partial charge < -0.3 is 10.6 Å². The quantitative estimate of drug-likeness (QED) is 0.518. The van der Waals surface area contributed by atoms with Gasteiger partial charge in [0.15, 0.2) is 11.6 Å². The fourth-order valence-electron chi connectivity index (χ4n) is 0.743. The van der Waals surface area contributed by atoms with E-state index in [1.54, 1.807) is 18.6 Å². The number of nitrogens with one attached hydrogen (secondary N) is 2. The first-order chi connectivity index (χ1) is 5.36. The van der Waals surface area contributed by atoms with Crippen LogP contribution in [0, 0.1) is 0 Å². The first-order valence-corrected chi connectivity index (χ1v) is 3.44. The predicted octanol–water partition coefficient (Wildman–Crippen LogP) is 0.499. The van der Waals surface area contributed by atoms with Crippen LogP contribution in [0.15, 0.2) is 32.9 Å². The molecule has 4 nitrogen and oxygen atoms in total. The van der Waals surface area contributed by atoms with Gasteiger partial charge in [-0.25, -0.2) is 9.98 Å². The SMILES string of the molecule is ClC1=CC=NC(=C2N=CN2)N1. The molecular weight excluding hydrogens is 164 g/mol. The van der Waals surface area contributed by atoms with Crippen LogP contribution >= 0.6 is 11.6 Å². The minimum atomic E-state index is 0.548. The van der Waals surface area contributed by atoms with E-state index in [0.717, 1.165) is 0 Å². The second-order valence-electron chi connectivity index (χ2n) is 2.02. The van der Waals surface area contributed by atoms with Gasteiger partial charge in [-0.15, -0.1) is 0 Å². The van der Waals surface area contributed by atoms with Crippen molar-refractivity contribution in [3.63, 3.8) is 0 Å². The molecule has 0 saturated heterocycles. The van der Waals surface area contributed by atoms with E-state index in [1.807, 2.05) is 0 Å². The molecule has 2 aliphatic heterocycles. The number of hydrogen-bond donors (Lipinski definition) is 2. The summed E-state index contributed by atoms with van der Waals surface area (Å²) in [6, 6.07) is 0. The fraction of sp³-hybridized carbons (Fsp3) is 0. The van der Waals surface area contributed by atoms with Gasteiger partial charge in [-0.3, -0.25) is 0 Å². The second-order valence-corrected chi connectivity index (χ2v) is 2.42. The first kappa shape index (κ1) is 6.42. The van der Waals surface area contributed by atoms with E-state index < -0.39 is 0 Å². The minimum Gasteiger partial charge on any atom is -0.328 e. The molecule has 0 aromatic heterocycles. The maximum atomic E-state index is 5.68. The summed E-state index contributed by atoms with van der Waals surface area (Å²) in [6.45, 7) is 0. The average molecular weight is 169 g/mol. The Bertz CT molecular complexity index is 300. The predicted molar refractivity (Wildman–Crippen MR) is 44.2 cm³/mol. The van der Waals surface area contributed by atoms with Crippen LogP contribution in [-0.2, 0) is 0 Å². The van der Waals surface area contributed by atoms with Gasteiger partial charge >= 0.3 is 0 Å². The van der Waals surface area contributed by atoms with Gasteiger partial charge in [0.2, 0.25) is 0 Å². The Morgan fingerprint density at radius 3 is 2.64 bits per heavy atom. The number of nitrogens with zero attached hydrogens (tertiary/aromatic N) is 2. The molecule has 2 aliphatic rings. The summed E-state index contributed by atoms with van der Waals surface area (Å²) in [5.74, 6) is 1.37. The topological polar surface area (TPSA) is 48.8 Å². The highest BCUT2D eigenvalue weighted by molar-refractivity contribution is 6.30. The third-order valence-electron chi connectivity index (χ3n) is 1.28. The van der Waals surface area contributed by atoms with Crippen molar-refractivity contribution in [2.24, 2.45) is 9.98 Å². The summed E-state index contributed by atoms with van der Waals surface area (Å²) in [5, 5.41) is 6.26. The molecule has 0 atom stereocenters. The van der Waals surface area contributed by atoms with Crippen molar-refractivity contribution >= 4 is 24.2 Å². The zero-order valence-electron chi connectivity index (χ0n) is 5.50. The molecule has 0 spiro atoms. The zero-order valence-corrected chi connectivity index (χ0v) is 6.26. The highest BCUT2D eigenvalue weighted by Gasteiger charge is 2.10. The molecule has 56 valence electrons. The summed E-state index contributed by atoms with van der Waals surface area (Å²) in [5.41, 5.74) is 0. The highest BCUT2D eigenvalue weighted by Crippen LogP contribution is 2.11. The highest BCUT2D eigenvalue weighted by atomic mass is 35.5. The Balaban J connectivity index is 2.26. The molecule has 2 N–H and O–H groups in total. The summed E-state index contributed by atoms with van der Waals surface area (Å²) >= 11 is 5.68. The average Bonchev–Trinajstić information content (AvgIpc) is 1.83. The van der Waals surface area contributed by atoms with E-state index >= 15 is 0 Å². The molecule has 0 aliphatic carbocycles. The molecule has 5 heteroatoms. The summed E-state index contributed by atoms with van der Waals surface area (Å²) < 4.78 is 0. The van der Waals surface area contributed by atoms with Gasteiger partial charge in [-0.2, -0.15) is 0 Å². The largest absolute Gasteiger partial charge is 0.328 e. The molecule has 0 amide bonds. The number of rotatable bonds is 0. The van der Waals surface area contributed by atoms with Gasteiger partial charge in [0.1, 0.15) is 5.16 Å². The van der Waals surface area contributed by atoms with E-state index in [0.29, 0.717) is 16.8 Å². The molecule has 0 bridgehead atoms. The fourth-order valence-corrected chi connectivity index (χ4v) is 0.889. The van der Waals surface area contributed by atoms with Crippen LogP contribution in [-0.4, -0.2) is 12.6 Å². The summed E-state index contributed by atoms with van der Waals surface area (Å²) in [6.07, 6.45) is 4.89. The smallest absolute Gasteiger partial charge is 0.176 e. The van der Waals surface area contributed by atoms with E-state index in [-0.39, 0.29) is 0 Å². The molecule has 11 heavy (non-hydrogen) atoms. The Hall–Kier alpha value is -1.29. The summed E-state index contributed by atoms with van der Waals surface area (Å²) in [4.78, 5) is 7.92. The van der Waals surface area contributed by atoms with Gasteiger partial charge in [0.05, 0.1) is 6.34 Å². The zero-order chi connectivity index (χ0) is 7.68. The van der Waals surface area contributed by atoms with E-state index in [1.165, 1.54) is 0 Å². The molecule has 0 aromatic rings. The Kier molecular flexibility index (Phi) is 1.40. The van der Waals surface area contributed by atoms with Crippen LogP contribution in [0.25, 0.3) is 0 Å². The Morgan fingerprint density at radius 1 is 1.27 bits per heavy atom. The Morgan fingerprint density at radius 2 is 2.09 bits per heavy atom. The van der Waals surface area contributed by atoms with Crippen LogP contribution in [0.5, 0.6) is 0 Å². The van der Waals surface area contributed by atoms with Crippen molar-refractivity contribution in [2.75, 3.05) is 0 Å². The Labute approximate surface area is 68.4 Å². The lowest BCUT2D eigenvalue weighted by Crippen LogP contribution is -2.26. The van der Waals surface area contributed by atoms with Gasteiger partial charge in [-0.05, 0) is 6.08 Å². The number of aliphatic imine (C=N–C) groups is 2. The molecule has 2 rings (SSSR count). The lowest BCUT2D eigenvalue weighted by Gasteiger charge is -2.15. The maximum Gasteiger partial charge on any atom is 0.176 e. The van der Waals surface area contributed by atoms with E-state index in [4.69, 9.17) is 11.6 Å². The van der Waals surface area contributed by atoms with Crippen LogP contribution in [0.1, 0.15) is 0 Å². The monoisotopic (exact) mass is 168 g/mol. The van der Waals surface area contributed by atoms with Crippen LogP contribution in [0.2, 0.25) is 0 Å². The molecule has 2 heterocycles. The molecule has 0 unspecified atom stereocenters. The van der Waals surface area contributed by atoms with Crippen molar-refractivity contribution in [3.05, 3.63) is 22.9 Å².